The Balaban J connectivity index is 1.30. The lowest BCUT2D eigenvalue weighted by Gasteiger charge is -2.28. The molecule has 2 aromatic heterocycles. The Kier molecular flexibility index (Phi) is 7.85. The average molecular weight is 607 g/mol. The number of fused-ring (bicyclic) bond motifs is 1. The minimum absolute atomic E-state index is 0.0121. The molecule has 1 saturated heterocycles. The van der Waals surface area contributed by atoms with E-state index in [9.17, 15) is 9.90 Å². The normalized spacial score (nSPS) is 15.8. The fraction of sp³-hybridized carbons (Fsp3) is 0.257. The van der Waals surface area contributed by atoms with Gasteiger partial charge >= 0.3 is 5.97 Å². The molecule has 222 valence electrons. The Morgan fingerprint density at radius 2 is 1.93 bits per heavy atom. The third-order valence-electron chi connectivity index (χ3n) is 8.18. The highest BCUT2D eigenvalue weighted by atomic mass is 35.5. The van der Waals surface area contributed by atoms with Crippen molar-refractivity contribution in [2.45, 2.75) is 39.8 Å². The van der Waals surface area contributed by atoms with Crippen molar-refractivity contribution in [3.05, 3.63) is 111 Å². The molecule has 1 atom stereocenters. The quantitative estimate of drug-likeness (QED) is 0.196. The lowest BCUT2D eigenvalue weighted by Crippen LogP contribution is -2.27. The maximum absolute atomic E-state index is 11.8. The van der Waals surface area contributed by atoms with Gasteiger partial charge in [0.2, 0.25) is 5.88 Å². The van der Waals surface area contributed by atoms with Gasteiger partial charge in [0.05, 0.1) is 53.2 Å². The van der Waals surface area contributed by atoms with E-state index in [1.807, 2.05) is 43.3 Å². The number of imidazole rings is 1. The van der Waals surface area contributed by atoms with Crippen LogP contribution in [0.3, 0.4) is 0 Å². The molecule has 3 heterocycles. The zero-order valence-electron chi connectivity index (χ0n) is 24.7. The fourth-order valence-electron chi connectivity index (χ4n) is 5.73. The number of carboxylic acid groups (broad SMARTS) is 1. The number of benzene rings is 3. The van der Waals surface area contributed by atoms with Crippen molar-refractivity contribution in [1.29, 1.82) is 5.26 Å². The average Bonchev–Trinajstić information content (AvgIpc) is 3.55. The number of pyridine rings is 1. The van der Waals surface area contributed by atoms with E-state index in [0.717, 1.165) is 44.8 Å². The summed E-state index contributed by atoms with van der Waals surface area (Å²) in [5.41, 5.74) is 6.66. The Hall–Kier alpha value is -4.71. The van der Waals surface area contributed by atoms with Crippen LogP contribution < -0.4 is 4.74 Å². The van der Waals surface area contributed by atoms with Gasteiger partial charge in [-0.3, -0.25) is 0 Å². The van der Waals surface area contributed by atoms with E-state index in [1.165, 1.54) is 0 Å². The number of carbonyl (C=O) groups is 1. The fourth-order valence-corrected chi connectivity index (χ4v) is 5.96. The predicted octanol–water partition coefficient (Wildman–Crippen LogP) is 7.40. The highest BCUT2D eigenvalue weighted by Crippen LogP contribution is 2.41. The highest BCUT2D eigenvalue weighted by Gasteiger charge is 2.39. The first kappa shape index (κ1) is 29.4. The first-order valence-electron chi connectivity index (χ1n) is 14.3. The monoisotopic (exact) mass is 606 g/mol. The van der Waals surface area contributed by atoms with Crippen LogP contribution >= 0.6 is 11.6 Å². The minimum atomic E-state index is -0.977. The summed E-state index contributed by atoms with van der Waals surface area (Å²) in [6.07, 6.45) is 0.463. The largest absolute Gasteiger partial charge is 0.478 e. The van der Waals surface area contributed by atoms with Crippen molar-refractivity contribution >= 4 is 28.6 Å². The van der Waals surface area contributed by atoms with Gasteiger partial charge in [0.25, 0.3) is 0 Å². The summed E-state index contributed by atoms with van der Waals surface area (Å²) in [5, 5.41) is 19.3. The van der Waals surface area contributed by atoms with E-state index in [2.05, 4.69) is 30.6 Å². The molecule has 1 fully saturated rings. The van der Waals surface area contributed by atoms with Crippen molar-refractivity contribution in [2.75, 3.05) is 13.2 Å². The number of nitrogens with zero attached hydrogens (tertiary/aromatic N) is 4. The maximum Gasteiger partial charge on any atom is 0.335 e. The molecule has 5 aromatic rings. The number of aromatic nitrogens is 3. The molecule has 8 nitrogen and oxygen atoms in total. The number of aromatic carboxylic acids is 1. The predicted molar refractivity (Wildman–Crippen MR) is 168 cm³/mol. The lowest BCUT2D eigenvalue weighted by molar-refractivity contribution is 0.0697. The maximum atomic E-state index is 11.8. The van der Waals surface area contributed by atoms with Gasteiger partial charge in [-0.05, 0) is 66.1 Å². The minimum Gasteiger partial charge on any atom is -0.478 e. The van der Waals surface area contributed by atoms with Crippen LogP contribution in [0.25, 0.3) is 22.3 Å². The molecule has 1 unspecified atom stereocenters. The second kappa shape index (κ2) is 11.8. The van der Waals surface area contributed by atoms with Gasteiger partial charge in [0.15, 0.2) is 0 Å². The number of ether oxygens (including phenoxy) is 2. The molecule has 0 radical (unpaired) electrons. The molecule has 0 bridgehead atoms. The van der Waals surface area contributed by atoms with E-state index in [-0.39, 0.29) is 17.0 Å². The van der Waals surface area contributed by atoms with Gasteiger partial charge in [-0.2, -0.15) is 5.26 Å². The van der Waals surface area contributed by atoms with Gasteiger partial charge in [0, 0.05) is 28.5 Å². The van der Waals surface area contributed by atoms with E-state index in [0.29, 0.717) is 42.7 Å². The number of hydrogen-bond acceptors (Lipinski definition) is 6. The van der Waals surface area contributed by atoms with Crippen LogP contribution in [0.5, 0.6) is 5.88 Å². The van der Waals surface area contributed by atoms with Crippen LogP contribution in [0.1, 0.15) is 58.3 Å². The molecule has 1 aliphatic rings. The third kappa shape index (κ3) is 5.77. The van der Waals surface area contributed by atoms with Gasteiger partial charge in [-0.1, -0.05) is 49.7 Å². The topological polar surface area (TPSA) is 110 Å². The SMILES string of the molecule is Cc1cc(Cc2nc3ccc(C(=O)O)cc3n2C2COCC2(C)C)c(Cl)cc1-c1cccc(OCc2ccc(C#N)cc2)n1. The molecule has 1 aliphatic heterocycles. The lowest BCUT2D eigenvalue weighted by atomic mass is 9.87. The van der Waals surface area contributed by atoms with Crippen LogP contribution in [0, 0.1) is 23.7 Å². The van der Waals surface area contributed by atoms with Crippen LogP contribution in [0.15, 0.2) is 72.8 Å². The summed E-state index contributed by atoms with van der Waals surface area (Å²) >= 11 is 6.92. The Labute approximate surface area is 260 Å². The van der Waals surface area contributed by atoms with E-state index < -0.39 is 5.97 Å². The van der Waals surface area contributed by atoms with Crippen LogP contribution in [0.4, 0.5) is 0 Å². The number of nitriles is 1. The summed E-state index contributed by atoms with van der Waals surface area (Å²) < 4.78 is 14.0. The molecule has 9 heteroatoms. The van der Waals surface area contributed by atoms with Crippen molar-refractivity contribution in [1.82, 2.24) is 14.5 Å². The van der Waals surface area contributed by atoms with Crippen molar-refractivity contribution in [3.63, 3.8) is 0 Å². The molecule has 0 saturated carbocycles. The number of carboxylic acids is 1. The molecular weight excluding hydrogens is 576 g/mol. The van der Waals surface area contributed by atoms with Gasteiger partial charge in [-0.25, -0.2) is 14.8 Å². The third-order valence-corrected chi connectivity index (χ3v) is 8.54. The van der Waals surface area contributed by atoms with Crippen molar-refractivity contribution in [3.8, 4) is 23.2 Å². The van der Waals surface area contributed by atoms with Crippen molar-refractivity contribution in [2.24, 2.45) is 5.41 Å². The summed E-state index contributed by atoms with van der Waals surface area (Å²) in [4.78, 5) is 21.5. The van der Waals surface area contributed by atoms with Crippen LogP contribution in [-0.2, 0) is 17.8 Å². The molecule has 1 N–H and O–H groups in total. The molecule has 3 aromatic carbocycles. The molecule has 6 rings (SSSR count). The van der Waals surface area contributed by atoms with Gasteiger partial charge in [-0.15, -0.1) is 0 Å². The van der Waals surface area contributed by atoms with Gasteiger partial charge in [0.1, 0.15) is 12.4 Å². The van der Waals surface area contributed by atoms with Gasteiger partial charge < -0.3 is 19.1 Å². The Bertz CT molecular complexity index is 1920. The summed E-state index contributed by atoms with van der Waals surface area (Å²) in [6, 6.07) is 24.0. The number of rotatable bonds is 8. The van der Waals surface area contributed by atoms with E-state index in [4.69, 9.17) is 36.3 Å². The second-order valence-corrected chi connectivity index (χ2v) is 12.2. The molecule has 0 amide bonds. The number of aryl methyl sites for hydroxylation is 1. The highest BCUT2D eigenvalue weighted by molar-refractivity contribution is 6.31. The van der Waals surface area contributed by atoms with E-state index >= 15 is 0 Å². The molecule has 0 aliphatic carbocycles. The number of halogens is 1. The summed E-state index contributed by atoms with van der Waals surface area (Å²) in [6.45, 7) is 7.79. The second-order valence-electron chi connectivity index (χ2n) is 11.8. The van der Waals surface area contributed by atoms with E-state index in [1.54, 1.807) is 30.3 Å². The van der Waals surface area contributed by atoms with Crippen LogP contribution in [0.2, 0.25) is 5.02 Å². The molecular formula is C35H31ClN4O4. The molecule has 44 heavy (non-hydrogen) atoms. The zero-order chi connectivity index (χ0) is 31.0. The Morgan fingerprint density at radius 3 is 2.64 bits per heavy atom. The standard InChI is InChI=1S/C35H31ClN4O4/c1-21-13-25(15-32-38-29-12-11-24(34(41)42)14-30(29)40(32)31-19-43-20-35(31,2)3)27(36)16-26(21)28-5-4-6-33(39-28)44-18-23-9-7-22(17-37)8-10-23/h4-14,16,31H,15,18-20H2,1-3H3,(H,41,42). The molecule has 0 spiro atoms. The Morgan fingerprint density at radius 1 is 1.14 bits per heavy atom. The summed E-state index contributed by atoms with van der Waals surface area (Å²) in [7, 11) is 0. The van der Waals surface area contributed by atoms with Crippen molar-refractivity contribution < 1.29 is 19.4 Å². The first-order valence-corrected chi connectivity index (χ1v) is 14.7. The van der Waals surface area contributed by atoms with Crippen LogP contribution in [-0.4, -0.2) is 38.8 Å². The number of hydrogen-bond donors (Lipinski definition) is 1. The first-order chi connectivity index (χ1) is 21.1. The smallest absolute Gasteiger partial charge is 0.335 e. The zero-order valence-corrected chi connectivity index (χ0v) is 25.4. The summed E-state index contributed by atoms with van der Waals surface area (Å²) in [5.74, 6) is 0.313.